The van der Waals surface area contributed by atoms with E-state index in [1.54, 1.807) is 0 Å². The first-order chi connectivity index (χ1) is 9.43. The molecule has 0 aliphatic heterocycles. The Morgan fingerprint density at radius 2 is 2.11 bits per heavy atom. The lowest BCUT2D eigenvalue weighted by Gasteiger charge is -2.05. The molecule has 0 saturated carbocycles. The molecular weight excluding hydrogens is 236 g/mol. The number of aromatic nitrogens is 3. The number of rotatable bonds is 6. The molecule has 0 amide bonds. The number of benzene rings is 1. The lowest BCUT2D eigenvalue weighted by atomic mass is 10.3. The van der Waals surface area contributed by atoms with Crippen LogP contribution in [0.2, 0.25) is 0 Å². The summed E-state index contributed by atoms with van der Waals surface area (Å²) in [5.74, 6) is 0. The van der Waals surface area contributed by atoms with Crippen molar-refractivity contribution in [3.8, 4) is 0 Å². The molecule has 0 saturated heterocycles. The van der Waals surface area contributed by atoms with Gasteiger partial charge in [-0.2, -0.15) is 0 Å². The Morgan fingerprint density at radius 3 is 3.00 bits per heavy atom. The van der Waals surface area contributed by atoms with Gasteiger partial charge in [-0.1, -0.05) is 12.1 Å². The predicted molar refractivity (Wildman–Crippen MR) is 76.8 cm³/mol. The van der Waals surface area contributed by atoms with Gasteiger partial charge in [0.25, 0.3) is 0 Å². The summed E-state index contributed by atoms with van der Waals surface area (Å²) in [5, 5.41) is 3.43. The fraction of sp³-hybridized carbons (Fsp3) is 0.267. The highest BCUT2D eigenvalue weighted by Gasteiger charge is 2.00. The van der Waals surface area contributed by atoms with Crippen molar-refractivity contribution in [2.45, 2.75) is 19.5 Å². The van der Waals surface area contributed by atoms with Crippen molar-refractivity contribution in [3.63, 3.8) is 0 Å². The van der Waals surface area contributed by atoms with E-state index in [-0.39, 0.29) is 0 Å². The molecule has 3 rings (SSSR count). The van der Waals surface area contributed by atoms with Gasteiger partial charge in [-0.15, -0.1) is 0 Å². The highest BCUT2D eigenvalue weighted by atomic mass is 15.0. The van der Waals surface area contributed by atoms with Gasteiger partial charge in [0, 0.05) is 25.0 Å². The maximum atomic E-state index is 4.40. The van der Waals surface area contributed by atoms with Gasteiger partial charge in [0.2, 0.25) is 0 Å². The van der Waals surface area contributed by atoms with Gasteiger partial charge in [-0.3, -0.25) is 0 Å². The van der Waals surface area contributed by atoms with Crippen LogP contribution in [-0.4, -0.2) is 21.1 Å². The molecule has 4 nitrogen and oxygen atoms in total. The summed E-state index contributed by atoms with van der Waals surface area (Å²) in [6.45, 7) is 2.90. The first kappa shape index (κ1) is 12.0. The molecule has 0 fully saturated rings. The van der Waals surface area contributed by atoms with E-state index in [4.69, 9.17) is 0 Å². The minimum absolute atomic E-state index is 0.900. The summed E-state index contributed by atoms with van der Waals surface area (Å²) in [7, 11) is 0. The number of fused-ring (bicyclic) bond motifs is 1. The largest absolute Gasteiger partial charge is 0.364 e. The SMILES string of the molecule is c1c[nH]c(CNCCCn2cnc3ccccc32)c1. The number of imidazole rings is 1. The Balaban J connectivity index is 1.47. The first-order valence-corrected chi connectivity index (χ1v) is 6.66. The molecule has 0 radical (unpaired) electrons. The smallest absolute Gasteiger partial charge is 0.0958 e. The van der Waals surface area contributed by atoms with Crippen LogP contribution < -0.4 is 5.32 Å². The zero-order valence-corrected chi connectivity index (χ0v) is 10.8. The average molecular weight is 254 g/mol. The van der Waals surface area contributed by atoms with Crippen LogP contribution in [0.4, 0.5) is 0 Å². The predicted octanol–water partition coefficient (Wildman–Crippen LogP) is 2.54. The Bertz CT molecular complexity index is 624. The quantitative estimate of drug-likeness (QED) is 0.664. The van der Waals surface area contributed by atoms with Crippen molar-refractivity contribution in [2.24, 2.45) is 0 Å². The lowest BCUT2D eigenvalue weighted by molar-refractivity contribution is 0.585. The number of H-pyrrole nitrogens is 1. The molecule has 2 N–H and O–H groups in total. The van der Waals surface area contributed by atoms with Crippen LogP contribution in [-0.2, 0) is 13.1 Å². The molecule has 0 unspecified atom stereocenters. The minimum atomic E-state index is 0.900. The molecule has 2 heterocycles. The van der Waals surface area contributed by atoms with E-state index in [2.05, 4.69) is 44.1 Å². The molecule has 0 aliphatic carbocycles. The van der Waals surface area contributed by atoms with E-state index < -0.39 is 0 Å². The Kier molecular flexibility index (Phi) is 3.61. The molecule has 3 aromatic rings. The van der Waals surface area contributed by atoms with E-state index in [9.17, 15) is 0 Å². The Hall–Kier alpha value is -2.07. The van der Waals surface area contributed by atoms with Crippen molar-refractivity contribution >= 4 is 11.0 Å². The Morgan fingerprint density at radius 1 is 1.16 bits per heavy atom. The van der Waals surface area contributed by atoms with E-state index in [0.717, 1.165) is 31.6 Å². The van der Waals surface area contributed by atoms with E-state index in [1.807, 2.05) is 24.7 Å². The number of hydrogen-bond acceptors (Lipinski definition) is 2. The highest BCUT2D eigenvalue weighted by Crippen LogP contribution is 2.11. The maximum absolute atomic E-state index is 4.40. The number of nitrogens with one attached hydrogen (secondary N) is 2. The lowest BCUT2D eigenvalue weighted by Crippen LogP contribution is -2.16. The molecular formula is C15H18N4. The number of aromatic amines is 1. The van der Waals surface area contributed by atoms with Crippen molar-refractivity contribution in [1.29, 1.82) is 0 Å². The topological polar surface area (TPSA) is 45.6 Å². The van der Waals surface area contributed by atoms with Gasteiger partial charge in [-0.25, -0.2) is 4.98 Å². The summed E-state index contributed by atoms with van der Waals surface area (Å²) in [4.78, 5) is 7.58. The molecule has 0 bridgehead atoms. The van der Waals surface area contributed by atoms with Crippen molar-refractivity contribution in [3.05, 3.63) is 54.6 Å². The molecule has 4 heteroatoms. The zero-order chi connectivity index (χ0) is 12.9. The first-order valence-electron chi connectivity index (χ1n) is 6.66. The second-order valence-corrected chi connectivity index (χ2v) is 4.65. The molecule has 0 spiro atoms. The van der Waals surface area contributed by atoms with Crippen LogP contribution in [0.3, 0.4) is 0 Å². The minimum Gasteiger partial charge on any atom is -0.364 e. The fourth-order valence-electron chi connectivity index (χ4n) is 2.26. The van der Waals surface area contributed by atoms with Gasteiger partial charge in [-0.05, 0) is 37.2 Å². The summed E-state index contributed by atoms with van der Waals surface area (Å²) < 4.78 is 2.21. The van der Waals surface area contributed by atoms with Gasteiger partial charge in [0.1, 0.15) is 0 Å². The highest BCUT2D eigenvalue weighted by molar-refractivity contribution is 5.74. The zero-order valence-electron chi connectivity index (χ0n) is 10.8. The van der Waals surface area contributed by atoms with Gasteiger partial charge >= 0.3 is 0 Å². The number of para-hydroxylation sites is 2. The second kappa shape index (κ2) is 5.71. The van der Waals surface area contributed by atoms with E-state index >= 15 is 0 Å². The summed E-state index contributed by atoms with van der Waals surface area (Å²) in [6.07, 6.45) is 4.98. The molecule has 2 aromatic heterocycles. The summed E-state index contributed by atoms with van der Waals surface area (Å²) in [6, 6.07) is 12.4. The van der Waals surface area contributed by atoms with Crippen molar-refractivity contribution in [2.75, 3.05) is 6.54 Å². The third-order valence-corrected chi connectivity index (χ3v) is 3.26. The number of aryl methyl sites for hydroxylation is 1. The summed E-state index contributed by atoms with van der Waals surface area (Å²) in [5.41, 5.74) is 3.52. The van der Waals surface area contributed by atoms with Crippen LogP contribution in [0.1, 0.15) is 12.1 Å². The van der Waals surface area contributed by atoms with Crippen LogP contribution >= 0.6 is 0 Å². The second-order valence-electron chi connectivity index (χ2n) is 4.65. The molecule has 98 valence electrons. The third-order valence-electron chi connectivity index (χ3n) is 3.26. The van der Waals surface area contributed by atoms with Crippen LogP contribution in [0.25, 0.3) is 11.0 Å². The third kappa shape index (κ3) is 2.85. The van der Waals surface area contributed by atoms with Gasteiger partial charge in [0.15, 0.2) is 0 Å². The normalized spacial score (nSPS) is 11.2. The summed E-state index contributed by atoms with van der Waals surface area (Å²) >= 11 is 0. The molecule has 0 aliphatic rings. The fourth-order valence-corrected chi connectivity index (χ4v) is 2.26. The number of hydrogen-bond donors (Lipinski definition) is 2. The van der Waals surface area contributed by atoms with E-state index in [0.29, 0.717) is 0 Å². The maximum Gasteiger partial charge on any atom is 0.0958 e. The van der Waals surface area contributed by atoms with Crippen LogP contribution in [0, 0.1) is 0 Å². The van der Waals surface area contributed by atoms with Crippen molar-refractivity contribution < 1.29 is 0 Å². The van der Waals surface area contributed by atoms with Crippen LogP contribution in [0.15, 0.2) is 48.9 Å². The molecule has 19 heavy (non-hydrogen) atoms. The van der Waals surface area contributed by atoms with Crippen molar-refractivity contribution in [1.82, 2.24) is 19.9 Å². The van der Waals surface area contributed by atoms with E-state index in [1.165, 1.54) is 11.2 Å². The van der Waals surface area contributed by atoms with Gasteiger partial charge < -0.3 is 14.9 Å². The molecule has 0 atom stereocenters. The van der Waals surface area contributed by atoms with Gasteiger partial charge in [0.05, 0.1) is 17.4 Å². The average Bonchev–Trinajstić information content (AvgIpc) is 3.08. The monoisotopic (exact) mass is 254 g/mol. The molecule has 1 aromatic carbocycles. The Labute approximate surface area is 112 Å². The number of nitrogens with zero attached hydrogens (tertiary/aromatic N) is 2. The standard InChI is InChI=1S/C15H18N4/c1-2-7-15-14(6-1)18-12-19(15)10-4-8-16-11-13-5-3-9-17-13/h1-3,5-7,9,12,16-17H,4,8,10-11H2. The van der Waals surface area contributed by atoms with Crippen LogP contribution in [0.5, 0.6) is 0 Å².